The van der Waals surface area contributed by atoms with Gasteiger partial charge in [-0.1, -0.05) is 48.5 Å². The van der Waals surface area contributed by atoms with Crippen molar-refractivity contribution in [3.8, 4) is 0 Å². The Morgan fingerprint density at radius 1 is 1.07 bits per heavy atom. The highest BCUT2D eigenvalue weighted by molar-refractivity contribution is 7.80. The van der Waals surface area contributed by atoms with E-state index in [9.17, 15) is 0 Å². The first kappa shape index (κ1) is 18.1. The van der Waals surface area contributed by atoms with E-state index in [4.69, 9.17) is 21.9 Å². The third-order valence-corrected chi connectivity index (χ3v) is 5.65. The maximum absolute atomic E-state index is 6.03. The van der Waals surface area contributed by atoms with Crippen LogP contribution in [-0.2, 0) is 11.3 Å². The first-order chi connectivity index (χ1) is 13.0. The summed E-state index contributed by atoms with van der Waals surface area (Å²) in [5.74, 6) is 0.936. The van der Waals surface area contributed by atoms with Crippen LogP contribution < -0.4 is 5.32 Å². The lowest BCUT2D eigenvalue weighted by Crippen LogP contribution is -2.60. The van der Waals surface area contributed by atoms with E-state index in [1.54, 1.807) is 0 Å². The van der Waals surface area contributed by atoms with Gasteiger partial charge < -0.3 is 15.0 Å². The quantitative estimate of drug-likeness (QED) is 0.789. The van der Waals surface area contributed by atoms with E-state index in [1.165, 1.54) is 5.56 Å². The highest BCUT2D eigenvalue weighted by Gasteiger charge is 2.53. The molecule has 1 N–H and O–H groups in total. The molecule has 5 heteroatoms. The van der Waals surface area contributed by atoms with Gasteiger partial charge >= 0.3 is 0 Å². The molecule has 0 saturated carbocycles. The molecule has 2 aromatic rings. The number of rotatable bonds is 3. The van der Waals surface area contributed by atoms with Crippen LogP contribution in [-0.4, -0.2) is 33.6 Å². The standard InChI is InChI=1S/C22H25N3OS/c1-21(2)16-22(13-14-26-21)19(23-18-11-7-4-8-12-18)24-20(27)25(22)15-17-9-5-3-6-10-17/h3-12H,13-16H2,1-2H3,(H,23,24,27)/t22-/m0/s1. The van der Waals surface area contributed by atoms with Crippen LogP contribution in [0.2, 0.25) is 0 Å². The average molecular weight is 380 g/mol. The summed E-state index contributed by atoms with van der Waals surface area (Å²) < 4.78 is 6.03. The lowest BCUT2D eigenvalue weighted by atomic mass is 9.79. The van der Waals surface area contributed by atoms with Crippen LogP contribution in [0.4, 0.5) is 5.69 Å². The van der Waals surface area contributed by atoms with E-state index in [-0.39, 0.29) is 11.1 Å². The summed E-state index contributed by atoms with van der Waals surface area (Å²) in [5, 5.41) is 4.20. The Bertz CT molecular complexity index is 850. The lowest BCUT2D eigenvalue weighted by molar-refractivity contribution is -0.0879. The second-order valence-corrected chi connectivity index (χ2v) is 8.24. The molecule has 2 aliphatic rings. The summed E-state index contributed by atoms with van der Waals surface area (Å²) in [6.45, 7) is 5.74. The van der Waals surface area contributed by atoms with Gasteiger partial charge in [-0.2, -0.15) is 0 Å². The van der Waals surface area contributed by atoms with Crippen LogP contribution in [0.5, 0.6) is 0 Å². The normalized spacial score (nSPS) is 24.1. The predicted molar refractivity (Wildman–Crippen MR) is 114 cm³/mol. The smallest absolute Gasteiger partial charge is 0.198 e. The molecule has 0 radical (unpaired) electrons. The van der Waals surface area contributed by atoms with Crippen LogP contribution in [0.3, 0.4) is 0 Å². The molecular formula is C22H25N3OS. The Hall–Kier alpha value is -2.24. The van der Waals surface area contributed by atoms with Crippen LogP contribution >= 0.6 is 12.2 Å². The van der Waals surface area contributed by atoms with Crippen LogP contribution in [0.1, 0.15) is 32.3 Å². The Morgan fingerprint density at radius 3 is 2.41 bits per heavy atom. The zero-order valence-electron chi connectivity index (χ0n) is 15.8. The van der Waals surface area contributed by atoms with Crippen molar-refractivity contribution in [3.05, 3.63) is 66.2 Å². The number of amidine groups is 1. The summed E-state index contributed by atoms with van der Waals surface area (Å²) in [4.78, 5) is 7.10. The molecule has 27 heavy (non-hydrogen) atoms. The van der Waals surface area contributed by atoms with Crippen molar-refractivity contribution in [2.24, 2.45) is 4.99 Å². The van der Waals surface area contributed by atoms with E-state index < -0.39 is 0 Å². The highest BCUT2D eigenvalue weighted by atomic mass is 32.1. The van der Waals surface area contributed by atoms with Gasteiger partial charge in [-0.15, -0.1) is 0 Å². The average Bonchev–Trinajstić information content (AvgIpc) is 2.87. The van der Waals surface area contributed by atoms with Crippen molar-refractivity contribution >= 4 is 28.9 Å². The first-order valence-electron chi connectivity index (χ1n) is 9.39. The molecule has 2 heterocycles. The minimum atomic E-state index is -0.273. The third-order valence-electron chi connectivity index (χ3n) is 5.34. The molecule has 1 atom stereocenters. The van der Waals surface area contributed by atoms with E-state index in [0.717, 1.165) is 30.9 Å². The number of thiocarbonyl (C=S) groups is 1. The molecule has 4 rings (SSSR count). The van der Waals surface area contributed by atoms with Crippen molar-refractivity contribution in [2.45, 2.75) is 44.4 Å². The minimum Gasteiger partial charge on any atom is -0.375 e. The fourth-order valence-electron chi connectivity index (χ4n) is 4.13. The van der Waals surface area contributed by atoms with Crippen molar-refractivity contribution < 1.29 is 4.74 Å². The maximum Gasteiger partial charge on any atom is 0.198 e. The second kappa shape index (κ2) is 7.06. The van der Waals surface area contributed by atoms with Crippen molar-refractivity contribution in [1.82, 2.24) is 4.90 Å². The van der Waals surface area contributed by atoms with Crippen molar-refractivity contribution in [1.29, 1.82) is 0 Å². The van der Waals surface area contributed by atoms with Crippen LogP contribution in [0.15, 0.2) is 65.7 Å². The molecular weight excluding hydrogens is 354 g/mol. The summed E-state index contributed by atoms with van der Waals surface area (Å²) in [5.41, 5.74) is 1.76. The molecule has 4 nitrogen and oxygen atoms in total. The van der Waals surface area contributed by atoms with Gasteiger partial charge in [0, 0.05) is 31.7 Å². The molecule has 0 aromatic heterocycles. The number of anilines is 1. The van der Waals surface area contributed by atoms with Crippen molar-refractivity contribution in [2.75, 3.05) is 11.9 Å². The number of ether oxygens (including phenoxy) is 1. The van der Waals surface area contributed by atoms with Gasteiger partial charge in [0.15, 0.2) is 5.11 Å². The molecule has 140 valence electrons. The van der Waals surface area contributed by atoms with Gasteiger partial charge in [0.25, 0.3) is 0 Å². The van der Waals surface area contributed by atoms with Gasteiger partial charge in [0.1, 0.15) is 11.4 Å². The van der Waals surface area contributed by atoms with Crippen LogP contribution in [0.25, 0.3) is 0 Å². The fourth-order valence-corrected chi connectivity index (χ4v) is 4.46. The SMILES string of the molecule is CC1(C)C[C@@]2(CCO1)C(Nc1ccccc1)=NC(=S)N2Cc1ccccc1. The van der Waals surface area contributed by atoms with E-state index in [0.29, 0.717) is 11.7 Å². The van der Waals surface area contributed by atoms with Gasteiger partial charge in [0.05, 0.1) is 5.60 Å². The summed E-state index contributed by atoms with van der Waals surface area (Å²) >= 11 is 5.72. The number of hydrogen-bond acceptors (Lipinski definition) is 3. The Morgan fingerprint density at radius 2 is 1.74 bits per heavy atom. The van der Waals surface area contributed by atoms with Gasteiger partial charge in [-0.3, -0.25) is 0 Å². The number of para-hydroxylation sites is 1. The van der Waals surface area contributed by atoms with Crippen LogP contribution in [0, 0.1) is 0 Å². The molecule has 0 unspecified atom stereocenters. The molecule has 1 spiro atoms. The predicted octanol–water partition coefficient (Wildman–Crippen LogP) is 4.63. The Kier molecular flexibility index (Phi) is 4.74. The number of hydrogen-bond donors (Lipinski definition) is 1. The molecule has 1 fully saturated rings. The monoisotopic (exact) mass is 379 g/mol. The molecule has 0 bridgehead atoms. The minimum absolute atomic E-state index is 0.230. The number of nitrogens with zero attached hydrogens (tertiary/aromatic N) is 2. The van der Waals surface area contributed by atoms with Gasteiger partial charge in [-0.25, -0.2) is 4.99 Å². The number of aliphatic imine (C=N–C) groups is 1. The third kappa shape index (κ3) is 3.62. The number of nitrogens with one attached hydrogen (secondary N) is 1. The topological polar surface area (TPSA) is 36.9 Å². The first-order valence-corrected chi connectivity index (χ1v) is 9.80. The van der Waals surface area contributed by atoms with Gasteiger partial charge in [-0.05, 0) is 43.8 Å². The zero-order valence-corrected chi connectivity index (χ0v) is 16.6. The molecule has 0 amide bonds. The van der Waals surface area contributed by atoms with Crippen molar-refractivity contribution in [3.63, 3.8) is 0 Å². The molecule has 0 aliphatic carbocycles. The summed E-state index contributed by atoms with van der Waals surface area (Å²) in [6.07, 6.45) is 1.70. The van der Waals surface area contributed by atoms with E-state index >= 15 is 0 Å². The second-order valence-electron chi connectivity index (χ2n) is 7.87. The van der Waals surface area contributed by atoms with E-state index in [1.807, 2.05) is 24.3 Å². The lowest BCUT2D eigenvalue weighted by Gasteiger charge is -2.48. The summed E-state index contributed by atoms with van der Waals surface area (Å²) in [6, 6.07) is 20.6. The number of benzene rings is 2. The van der Waals surface area contributed by atoms with Gasteiger partial charge in [0.2, 0.25) is 0 Å². The van der Waals surface area contributed by atoms with E-state index in [2.05, 4.69) is 60.5 Å². The maximum atomic E-state index is 6.03. The molecule has 2 aliphatic heterocycles. The fraction of sp³-hybridized carbons (Fsp3) is 0.364. The largest absolute Gasteiger partial charge is 0.375 e. The Labute approximate surface area is 166 Å². The summed E-state index contributed by atoms with van der Waals surface area (Å²) in [7, 11) is 0. The Balaban J connectivity index is 1.70. The highest BCUT2D eigenvalue weighted by Crippen LogP contribution is 2.42. The molecule has 2 aromatic carbocycles. The zero-order chi connectivity index (χ0) is 18.9. The molecule has 1 saturated heterocycles.